The van der Waals surface area contributed by atoms with E-state index in [1.807, 2.05) is 0 Å². The first-order valence-corrected chi connectivity index (χ1v) is 22.9. The molecule has 2 amide bonds. The second-order valence-corrected chi connectivity index (χ2v) is 22.6. The van der Waals surface area contributed by atoms with Crippen LogP contribution in [-0.2, 0) is 39.5 Å². The van der Waals surface area contributed by atoms with Gasteiger partial charge in [0.05, 0.1) is 24.8 Å². The molecule has 0 spiro atoms. The van der Waals surface area contributed by atoms with Crippen LogP contribution in [-0.4, -0.2) is 95.6 Å². The van der Waals surface area contributed by atoms with Gasteiger partial charge in [-0.15, -0.1) is 0 Å². The first-order valence-electron chi connectivity index (χ1n) is 22.9. The standard InChI is InChI=1S/C49H69BN2O14/c1-44(2,3)61-40(54)36-33(21-18-29(38(36)60-43(57)64-47(10,11)12)22-23-50-65-35-25-30-24-34(48(30,13)14)49(35,15)66-50)58-32-26-52(27-32)39(53)37(51-41(55)62-45(4,5)6)28-16-19-31(20-17-28)59-42(56)63-46(7,8)9/h16-21,30,32,34-35,37H,22-27H2,1-15H3,(H,51,55)/t30-,34-,35+,37+,49-/m0/s1. The van der Waals surface area contributed by atoms with Crippen molar-refractivity contribution in [3.63, 3.8) is 0 Å². The first kappa shape index (κ1) is 50.4. The molecule has 0 unspecified atom stereocenters. The van der Waals surface area contributed by atoms with Crippen LogP contribution in [0.25, 0.3) is 0 Å². The second-order valence-electron chi connectivity index (χ2n) is 22.6. The van der Waals surface area contributed by atoms with Gasteiger partial charge >= 0.3 is 31.5 Å². The third-order valence-corrected chi connectivity index (χ3v) is 12.2. The van der Waals surface area contributed by atoms with Crippen LogP contribution in [0.4, 0.5) is 14.4 Å². The van der Waals surface area contributed by atoms with Crippen LogP contribution in [0.5, 0.6) is 17.2 Å². The Morgan fingerprint density at radius 2 is 1.33 bits per heavy atom. The summed E-state index contributed by atoms with van der Waals surface area (Å²) in [7, 11) is -0.513. The van der Waals surface area contributed by atoms with Gasteiger partial charge in [0.2, 0.25) is 5.91 Å². The van der Waals surface area contributed by atoms with Gasteiger partial charge in [-0.25, -0.2) is 19.2 Å². The molecule has 362 valence electrons. The van der Waals surface area contributed by atoms with E-state index in [0.29, 0.717) is 35.7 Å². The van der Waals surface area contributed by atoms with Crippen molar-refractivity contribution in [3.05, 3.63) is 53.1 Å². The number of rotatable bonds is 11. The molecule has 16 nitrogen and oxygen atoms in total. The quantitative estimate of drug-likeness (QED) is 0.0973. The minimum Gasteiger partial charge on any atom is -0.486 e. The lowest BCUT2D eigenvalue weighted by molar-refractivity contribution is -0.199. The Bertz CT molecular complexity index is 2160. The van der Waals surface area contributed by atoms with E-state index in [1.165, 1.54) is 17.0 Å². The number of hydrogen-bond donors (Lipinski definition) is 1. The van der Waals surface area contributed by atoms with Gasteiger partial charge in [0, 0.05) is 0 Å². The third-order valence-electron chi connectivity index (χ3n) is 12.2. The van der Waals surface area contributed by atoms with E-state index in [0.717, 1.165) is 12.8 Å². The average molecular weight is 921 g/mol. The molecule has 5 fully saturated rings. The highest BCUT2D eigenvalue weighted by molar-refractivity contribution is 6.45. The molecule has 0 radical (unpaired) electrons. The van der Waals surface area contributed by atoms with Crippen LogP contribution in [0, 0.1) is 17.3 Å². The Morgan fingerprint density at radius 1 is 0.758 bits per heavy atom. The Hall–Kier alpha value is -5.03. The Balaban J connectivity index is 1.23. The number of hydrogen-bond acceptors (Lipinski definition) is 14. The van der Waals surface area contributed by atoms with Crippen molar-refractivity contribution in [2.24, 2.45) is 17.3 Å². The number of amides is 2. The number of nitrogens with one attached hydrogen (secondary N) is 1. The Kier molecular flexibility index (Phi) is 13.9. The number of carbonyl (C=O) groups is 5. The number of ether oxygens (including phenoxy) is 7. The number of benzene rings is 2. The molecular weight excluding hydrogens is 851 g/mol. The molecule has 66 heavy (non-hydrogen) atoms. The number of alkyl carbamates (subject to hydrolysis) is 1. The molecule has 1 N–H and O–H groups in total. The lowest BCUT2D eigenvalue weighted by Crippen LogP contribution is -2.65. The van der Waals surface area contributed by atoms with E-state index < -0.39 is 77.5 Å². The van der Waals surface area contributed by atoms with E-state index in [9.17, 15) is 24.0 Å². The lowest BCUT2D eigenvalue weighted by atomic mass is 9.43. The lowest BCUT2D eigenvalue weighted by Gasteiger charge is -2.64. The van der Waals surface area contributed by atoms with Crippen molar-refractivity contribution >= 4 is 37.4 Å². The minimum absolute atomic E-state index is 0.0203. The first-order chi connectivity index (χ1) is 30.3. The van der Waals surface area contributed by atoms with Gasteiger partial charge in [-0.3, -0.25) is 4.79 Å². The fraction of sp³-hybridized carbons (Fsp3) is 0.653. The summed E-state index contributed by atoms with van der Waals surface area (Å²) >= 11 is 0. The van der Waals surface area contributed by atoms with Crippen molar-refractivity contribution in [2.75, 3.05) is 13.1 Å². The van der Waals surface area contributed by atoms with Crippen LogP contribution >= 0.6 is 0 Å². The van der Waals surface area contributed by atoms with Crippen molar-refractivity contribution in [3.8, 4) is 17.2 Å². The van der Waals surface area contributed by atoms with Crippen LogP contribution in [0.3, 0.4) is 0 Å². The van der Waals surface area contributed by atoms with E-state index >= 15 is 0 Å². The van der Waals surface area contributed by atoms with Gasteiger partial charge in [0.15, 0.2) is 5.75 Å². The summed E-state index contributed by atoms with van der Waals surface area (Å²) in [5, 5.41) is 2.68. The highest BCUT2D eigenvalue weighted by atomic mass is 16.7. The highest BCUT2D eigenvalue weighted by Crippen LogP contribution is 2.65. The van der Waals surface area contributed by atoms with Crippen molar-refractivity contribution in [2.45, 2.75) is 176 Å². The summed E-state index contributed by atoms with van der Waals surface area (Å²) < 4.78 is 53.0. The molecule has 2 aromatic rings. The second kappa shape index (κ2) is 18.2. The smallest absolute Gasteiger partial charge is 0.486 e. The molecule has 5 atom stereocenters. The van der Waals surface area contributed by atoms with Crippen LogP contribution in [0.2, 0.25) is 6.32 Å². The van der Waals surface area contributed by atoms with Crippen molar-refractivity contribution < 1.29 is 66.4 Å². The zero-order chi connectivity index (χ0) is 48.9. The topological polar surface area (TPSA) is 184 Å². The summed E-state index contributed by atoms with van der Waals surface area (Å²) in [4.78, 5) is 68.6. The van der Waals surface area contributed by atoms with Gasteiger partial charge < -0.3 is 52.7 Å². The Labute approximate surface area is 389 Å². The van der Waals surface area contributed by atoms with Crippen LogP contribution < -0.4 is 19.5 Å². The van der Waals surface area contributed by atoms with E-state index in [4.69, 9.17) is 42.5 Å². The summed E-state index contributed by atoms with van der Waals surface area (Å²) in [5.74, 6) is -0.130. The summed E-state index contributed by atoms with van der Waals surface area (Å²) in [6.45, 7) is 27.4. The zero-order valence-corrected chi connectivity index (χ0v) is 41.3. The molecule has 2 aliphatic heterocycles. The van der Waals surface area contributed by atoms with Crippen LogP contribution in [0.15, 0.2) is 36.4 Å². The third kappa shape index (κ3) is 12.1. The maximum atomic E-state index is 14.2. The zero-order valence-electron chi connectivity index (χ0n) is 41.3. The molecule has 2 saturated heterocycles. The molecule has 0 aromatic heterocycles. The van der Waals surface area contributed by atoms with Gasteiger partial charge in [0.1, 0.15) is 51.6 Å². The number of esters is 1. The summed E-state index contributed by atoms with van der Waals surface area (Å²) in [6.07, 6.45) is -0.599. The maximum absolute atomic E-state index is 14.2. The van der Waals surface area contributed by atoms with Gasteiger partial charge in [-0.05, 0) is 162 Å². The molecule has 2 bridgehead atoms. The number of aryl methyl sites for hydroxylation is 1. The van der Waals surface area contributed by atoms with E-state index in [-0.39, 0.29) is 47.4 Å². The minimum atomic E-state index is -1.20. The number of carbonyl (C=O) groups excluding carboxylic acids is 5. The normalized spacial score (nSPS) is 23.0. The average Bonchev–Trinajstić information content (AvgIpc) is 3.48. The van der Waals surface area contributed by atoms with E-state index in [1.54, 1.807) is 107 Å². The Morgan fingerprint density at radius 3 is 1.89 bits per heavy atom. The molecule has 2 heterocycles. The SMILES string of the molecule is CC(C)(C)OC(=O)N[C@@H](C(=O)N1CC(Oc2ccc(CCB3O[C@@H]4C[C@@H]5C[C@@H](C5(C)C)[C@]4(C)O3)c(OC(=O)OC(C)(C)C)c2C(=O)OC(C)(C)C)C1)c1ccc(OC(=O)OC(C)(C)C)cc1. The molecular formula is C49H69BN2O14. The fourth-order valence-electron chi connectivity index (χ4n) is 9.11. The summed E-state index contributed by atoms with van der Waals surface area (Å²) in [6, 6.07) is 8.24. The predicted octanol–water partition coefficient (Wildman–Crippen LogP) is 9.40. The van der Waals surface area contributed by atoms with Gasteiger partial charge in [0.25, 0.3) is 0 Å². The van der Waals surface area contributed by atoms with E-state index in [2.05, 4.69) is 26.1 Å². The highest BCUT2D eigenvalue weighted by Gasteiger charge is 2.67. The molecule has 3 saturated carbocycles. The van der Waals surface area contributed by atoms with Crippen molar-refractivity contribution in [1.29, 1.82) is 0 Å². The van der Waals surface area contributed by atoms with Crippen molar-refractivity contribution in [1.82, 2.24) is 10.2 Å². The fourth-order valence-corrected chi connectivity index (χ4v) is 9.11. The number of nitrogens with zero attached hydrogens (tertiary/aromatic N) is 1. The monoisotopic (exact) mass is 920 g/mol. The molecule has 7 rings (SSSR count). The molecule has 2 aromatic carbocycles. The van der Waals surface area contributed by atoms with Gasteiger partial charge in [-0.2, -0.15) is 0 Å². The maximum Gasteiger partial charge on any atom is 0.514 e. The molecule has 3 aliphatic carbocycles. The van der Waals surface area contributed by atoms with Gasteiger partial charge in [-0.1, -0.05) is 32.0 Å². The van der Waals surface area contributed by atoms with Crippen LogP contribution in [0.1, 0.15) is 144 Å². The number of likely N-dealkylation sites (tertiary alicyclic amines) is 1. The summed E-state index contributed by atoms with van der Waals surface area (Å²) in [5.41, 5.74) is -2.91. The molecule has 5 aliphatic rings. The largest absolute Gasteiger partial charge is 0.514 e. The predicted molar refractivity (Wildman–Crippen MR) is 244 cm³/mol. The molecule has 17 heteroatoms.